The van der Waals surface area contributed by atoms with Crippen LogP contribution in [0.5, 0.6) is 0 Å². The summed E-state index contributed by atoms with van der Waals surface area (Å²) in [6.45, 7) is 3.93. The summed E-state index contributed by atoms with van der Waals surface area (Å²) >= 11 is 0. The molecule has 0 amide bonds. The van der Waals surface area contributed by atoms with E-state index in [0.717, 1.165) is 11.8 Å². The highest BCUT2D eigenvalue weighted by Crippen LogP contribution is 2.21. The van der Waals surface area contributed by atoms with Crippen molar-refractivity contribution in [1.82, 2.24) is 9.97 Å². The first kappa shape index (κ1) is 15.3. The topological polar surface area (TPSA) is 47.0 Å². The van der Waals surface area contributed by atoms with Gasteiger partial charge in [0.1, 0.15) is 24.1 Å². The van der Waals surface area contributed by atoms with Gasteiger partial charge in [0.2, 0.25) is 0 Å². The van der Waals surface area contributed by atoms with Crippen molar-refractivity contribution >= 4 is 5.82 Å². The van der Waals surface area contributed by atoms with Crippen molar-refractivity contribution in [2.45, 2.75) is 26.5 Å². The molecule has 6 heteroatoms. The maximum absolute atomic E-state index is 13.8. The summed E-state index contributed by atoms with van der Waals surface area (Å²) in [7, 11) is 1.56. The van der Waals surface area contributed by atoms with Crippen LogP contribution in [0.1, 0.15) is 30.0 Å². The van der Waals surface area contributed by atoms with E-state index in [2.05, 4.69) is 15.3 Å². The number of aryl methyl sites for hydroxylation is 1. The van der Waals surface area contributed by atoms with Crippen molar-refractivity contribution in [2.75, 3.05) is 12.4 Å². The number of halogens is 2. The number of hydrogen-bond acceptors (Lipinski definition) is 4. The first-order chi connectivity index (χ1) is 9.99. The fourth-order valence-electron chi connectivity index (χ4n) is 2.05. The van der Waals surface area contributed by atoms with Crippen molar-refractivity contribution < 1.29 is 13.5 Å². The smallest absolute Gasteiger partial charge is 0.156 e. The Balaban J connectivity index is 2.20. The highest BCUT2D eigenvalue weighted by Gasteiger charge is 2.13. The summed E-state index contributed by atoms with van der Waals surface area (Å²) in [5, 5.41) is 3.09. The van der Waals surface area contributed by atoms with Gasteiger partial charge >= 0.3 is 0 Å². The Hall–Kier alpha value is -2.08. The number of hydrogen-bond donors (Lipinski definition) is 1. The molecular formula is C15H17F2N3O. The molecule has 112 valence electrons. The Morgan fingerprint density at radius 1 is 1.24 bits per heavy atom. The Kier molecular flexibility index (Phi) is 4.80. The summed E-state index contributed by atoms with van der Waals surface area (Å²) < 4.78 is 31.7. The molecule has 0 saturated heterocycles. The van der Waals surface area contributed by atoms with Gasteiger partial charge in [-0.2, -0.15) is 0 Å². The van der Waals surface area contributed by atoms with Crippen LogP contribution in [0.3, 0.4) is 0 Å². The van der Waals surface area contributed by atoms with E-state index in [9.17, 15) is 8.78 Å². The van der Waals surface area contributed by atoms with Gasteiger partial charge in [-0.15, -0.1) is 0 Å². The third kappa shape index (κ3) is 3.95. The van der Waals surface area contributed by atoms with Crippen molar-refractivity contribution in [3.05, 3.63) is 53.0 Å². The standard InChI is InChI=1S/C15H17F2N3O/c1-9-6-14(20-15(18-9)8-21-3)19-10(2)12-5-4-11(16)7-13(12)17/h4-7,10H,8H2,1-3H3,(H,18,19,20). The molecular weight excluding hydrogens is 276 g/mol. The predicted molar refractivity (Wildman–Crippen MR) is 75.9 cm³/mol. The zero-order valence-corrected chi connectivity index (χ0v) is 12.2. The maximum atomic E-state index is 13.8. The second-order valence-electron chi connectivity index (χ2n) is 4.78. The average Bonchev–Trinajstić information content (AvgIpc) is 2.37. The summed E-state index contributed by atoms with van der Waals surface area (Å²) in [6, 6.07) is 4.94. The SMILES string of the molecule is COCc1nc(C)cc(NC(C)c2ccc(F)cc2F)n1. The molecule has 1 heterocycles. The molecule has 2 aromatic rings. The van der Waals surface area contributed by atoms with E-state index in [1.165, 1.54) is 12.1 Å². The summed E-state index contributed by atoms with van der Waals surface area (Å²) in [6.07, 6.45) is 0. The van der Waals surface area contributed by atoms with Gasteiger partial charge < -0.3 is 10.1 Å². The number of ether oxygens (including phenoxy) is 1. The van der Waals surface area contributed by atoms with Crippen LogP contribution >= 0.6 is 0 Å². The van der Waals surface area contributed by atoms with Gasteiger partial charge in [-0.05, 0) is 19.9 Å². The van der Waals surface area contributed by atoms with Crippen LogP contribution in [-0.4, -0.2) is 17.1 Å². The molecule has 1 aromatic heterocycles. The molecule has 0 saturated carbocycles. The first-order valence-electron chi connectivity index (χ1n) is 6.54. The third-order valence-corrected chi connectivity index (χ3v) is 2.97. The molecule has 2 rings (SSSR count). The number of methoxy groups -OCH3 is 1. The number of benzene rings is 1. The van der Waals surface area contributed by atoms with Gasteiger partial charge in [0.25, 0.3) is 0 Å². The lowest BCUT2D eigenvalue weighted by Crippen LogP contribution is -2.12. The van der Waals surface area contributed by atoms with E-state index >= 15 is 0 Å². The van der Waals surface area contributed by atoms with Crippen LogP contribution in [-0.2, 0) is 11.3 Å². The minimum absolute atomic E-state index is 0.301. The van der Waals surface area contributed by atoms with E-state index in [4.69, 9.17) is 4.74 Å². The van der Waals surface area contributed by atoms with Crippen LogP contribution in [0.2, 0.25) is 0 Å². The summed E-state index contributed by atoms with van der Waals surface area (Å²) in [4.78, 5) is 8.53. The molecule has 0 aliphatic rings. The maximum Gasteiger partial charge on any atom is 0.156 e. The van der Waals surface area contributed by atoms with Gasteiger partial charge in [0, 0.05) is 30.5 Å². The molecule has 0 aliphatic heterocycles. The minimum Gasteiger partial charge on any atom is -0.377 e. The van der Waals surface area contributed by atoms with Crippen LogP contribution in [0.4, 0.5) is 14.6 Å². The quantitative estimate of drug-likeness (QED) is 0.918. The van der Waals surface area contributed by atoms with Gasteiger partial charge in [-0.3, -0.25) is 0 Å². The second-order valence-corrected chi connectivity index (χ2v) is 4.78. The van der Waals surface area contributed by atoms with Crippen molar-refractivity contribution in [2.24, 2.45) is 0 Å². The lowest BCUT2D eigenvalue weighted by atomic mass is 10.1. The van der Waals surface area contributed by atoms with Crippen molar-refractivity contribution in [1.29, 1.82) is 0 Å². The zero-order chi connectivity index (χ0) is 15.4. The largest absolute Gasteiger partial charge is 0.377 e. The van der Waals surface area contributed by atoms with Crippen molar-refractivity contribution in [3.8, 4) is 0 Å². The highest BCUT2D eigenvalue weighted by molar-refractivity contribution is 5.39. The first-order valence-corrected chi connectivity index (χ1v) is 6.54. The van der Waals surface area contributed by atoms with Gasteiger partial charge in [-0.1, -0.05) is 6.07 Å². The van der Waals surface area contributed by atoms with Gasteiger partial charge in [0.15, 0.2) is 5.82 Å². The van der Waals surface area contributed by atoms with Crippen molar-refractivity contribution in [3.63, 3.8) is 0 Å². The average molecular weight is 293 g/mol. The molecule has 1 aromatic carbocycles. The number of nitrogens with one attached hydrogen (secondary N) is 1. The summed E-state index contributed by atoms with van der Waals surface area (Å²) in [5.41, 5.74) is 1.16. The highest BCUT2D eigenvalue weighted by atomic mass is 19.1. The normalized spacial score (nSPS) is 12.2. The third-order valence-electron chi connectivity index (χ3n) is 2.97. The van der Waals surface area contributed by atoms with E-state index in [-0.39, 0.29) is 6.04 Å². The molecule has 0 radical (unpaired) electrons. The van der Waals surface area contributed by atoms with E-state index in [1.807, 2.05) is 6.92 Å². The van der Waals surface area contributed by atoms with E-state index < -0.39 is 11.6 Å². The molecule has 21 heavy (non-hydrogen) atoms. The van der Waals surface area contributed by atoms with Gasteiger partial charge in [0.05, 0.1) is 6.04 Å². The molecule has 0 bridgehead atoms. The zero-order valence-electron chi connectivity index (χ0n) is 12.2. The van der Waals surface area contributed by atoms with E-state index in [0.29, 0.717) is 23.8 Å². The second kappa shape index (κ2) is 6.58. The molecule has 0 spiro atoms. The molecule has 0 fully saturated rings. The van der Waals surface area contributed by atoms with Gasteiger partial charge in [-0.25, -0.2) is 18.7 Å². The Labute approximate surface area is 122 Å². The fraction of sp³-hybridized carbons (Fsp3) is 0.333. The molecule has 4 nitrogen and oxygen atoms in total. The minimum atomic E-state index is -0.594. The number of rotatable bonds is 5. The van der Waals surface area contributed by atoms with Crippen LogP contribution in [0, 0.1) is 18.6 Å². The lowest BCUT2D eigenvalue weighted by molar-refractivity contribution is 0.177. The Bertz CT molecular complexity index is 634. The van der Waals surface area contributed by atoms with Crippen LogP contribution < -0.4 is 5.32 Å². The van der Waals surface area contributed by atoms with Crippen LogP contribution in [0.25, 0.3) is 0 Å². The monoisotopic (exact) mass is 293 g/mol. The molecule has 1 atom stereocenters. The Morgan fingerprint density at radius 3 is 2.67 bits per heavy atom. The lowest BCUT2D eigenvalue weighted by Gasteiger charge is -2.16. The van der Waals surface area contributed by atoms with Crippen LogP contribution in [0.15, 0.2) is 24.3 Å². The Morgan fingerprint density at radius 2 is 2.00 bits per heavy atom. The van der Waals surface area contributed by atoms with E-state index in [1.54, 1.807) is 20.1 Å². The fourth-order valence-corrected chi connectivity index (χ4v) is 2.05. The predicted octanol–water partition coefficient (Wildman–Crippen LogP) is 3.38. The molecule has 1 unspecified atom stereocenters. The summed E-state index contributed by atoms with van der Waals surface area (Å²) in [5.74, 6) is -0.0563. The molecule has 1 N–H and O–H groups in total. The molecule has 0 aliphatic carbocycles. The number of anilines is 1. The number of nitrogens with zero attached hydrogens (tertiary/aromatic N) is 2. The number of aromatic nitrogens is 2.